The third-order valence-corrected chi connectivity index (χ3v) is 3.94. The van der Waals surface area contributed by atoms with Gasteiger partial charge >= 0.3 is 6.18 Å². The number of alkyl halides is 3. The minimum Gasteiger partial charge on any atom is -0.457 e. The first kappa shape index (κ1) is 18.9. The van der Waals surface area contributed by atoms with Crippen LogP contribution in [-0.4, -0.2) is 26.4 Å². The van der Waals surface area contributed by atoms with E-state index in [4.69, 9.17) is 21.5 Å². The van der Waals surface area contributed by atoms with E-state index in [1.54, 1.807) is 13.0 Å². The van der Waals surface area contributed by atoms with Crippen LogP contribution in [0.3, 0.4) is 0 Å². The molecule has 142 valence electrons. The number of fused-ring (bicyclic) bond motifs is 1. The van der Waals surface area contributed by atoms with E-state index in [9.17, 15) is 17.6 Å². The van der Waals surface area contributed by atoms with Crippen LogP contribution in [0, 0.1) is 5.82 Å². The second-order valence-corrected chi connectivity index (χ2v) is 5.96. The molecule has 0 aliphatic rings. The summed E-state index contributed by atoms with van der Waals surface area (Å²) in [6.45, 7) is 1.70. The van der Waals surface area contributed by atoms with Crippen molar-refractivity contribution in [1.29, 1.82) is 0 Å². The van der Waals surface area contributed by atoms with Crippen molar-refractivity contribution < 1.29 is 27.5 Å². The lowest BCUT2D eigenvalue weighted by Crippen LogP contribution is -2.09. The van der Waals surface area contributed by atoms with Crippen molar-refractivity contribution in [2.45, 2.75) is 19.1 Å². The number of nitrogens with zero attached hydrogens (tertiary/aromatic N) is 4. The molecule has 0 radical (unpaired) electrons. The average molecular weight is 403 g/mol. The highest BCUT2D eigenvalue weighted by atomic mass is 35.5. The number of halogens is 5. The number of hydrogen-bond acceptors (Lipinski definition) is 5. The van der Waals surface area contributed by atoms with Crippen molar-refractivity contribution in [3.8, 4) is 11.5 Å². The van der Waals surface area contributed by atoms with E-state index < -0.39 is 28.6 Å². The highest BCUT2D eigenvalue weighted by molar-refractivity contribution is 6.31. The fraction of sp³-hybridized carbons (Fsp3) is 0.188. The van der Waals surface area contributed by atoms with Gasteiger partial charge in [0.1, 0.15) is 28.4 Å². The average Bonchev–Trinajstić information content (AvgIpc) is 2.96. The zero-order chi connectivity index (χ0) is 19.8. The predicted octanol–water partition coefficient (Wildman–Crippen LogP) is 5.06. The SMILES string of the molecule is CC(C=NO)n1nnc2ccc(Oc3cc(F)c(C(F)(F)F)c(Cl)c3)cc21. The fourth-order valence-electron chi connectivity index (χ4n) is 2.46. The molecule has 0 saturated heterocycles. The van der Waals surface area contributed by atoms with Crippen LogP contribution in [0.5, 0.6) is 11.5 Å². The molecule has 0 bridgehead atoms. The van der Waals surface area contributed by atoms with Crippen LogP contribution in [0.4, 0.5) is 17.6 Å². The summed E-state index contributed by atoms with van der Waals surface area (Å²) in [6.07, 6.45) is -3.69. The van der Waals surface area contributed by atoms with Crippen molar-refractivity contribution in [3.63, 3.8) is 0 Å². The molecule has 2 aromatic carbocycles. The molecule has 11 heteroatoms. The van der Waals surface area contributed by atoms with Gasteiger partial charge in [0.2, 0.25) is 0 Å². The summed E-state index contributed by atoms with van der Waals surface area (Å²) in [4.78, 5) is 0. The van der Waals surface area contributed by atoms with Crippen molar-refractivity contribution in [1.82, 2.24) is 15.0 Å². The first-order valence-corrected chi connectivity index (χ1v) is 7.85. The number of ether oxygens (including phenoxy) is 1. The molecule has 0 spiro atoms. The van der Waals surface area contributed by atoms with Crippen LogP contribution in [0.2, 0.25) is 5.02 Å². The molecule has 0 saturated carbocycles. The molecule has 1 aromatic heterocycles. The normalized spacial score (nSPS) is 13.4. The maximum atomic E-state index is 13.8. The molecule has 0 amide bonds. The summed E-state index contributed by atoms with van der Waals surface area (Å²) in [6, 6.07) is 5.65. The van der Waals surface area contributed by atoms with E-state index in [1.165, 1.54) is 23.0 Å². The van der Waals surface area contributed by atoms with Gasteiger partial charge in [0.25, 0.3) is 0 Å². The Hall–Kier alpha value is -2.88. The molecule has 1 unspecified atom stereocenters. The highest BCUT2D eigenvalue weighted by Gasteiger charge is 2.37. The van der Waals surface area contributed by atoms with Crippen LogP contribution >= 0.6 is 11.6 Å². The van der Waals surface area contributed by atoms with E-state index in [2.05, 4.69) is 15.5 Å². The third-order valence-electron chi connectivity index (χ3n) is 3.65. The second-order valence-electron chi connectivity index (χ2n) is 5.55. The Morgan fingerprint density at radius 3 is 2.63 bits per heavy atom. The molecule has 3 rings (SSSR count). The van der Waals surface area contributed by atoms with Crippen LogP contribution < -0.4 is 4.74 Å². The van der Waals surface area contributed by atoms with Crippen molar-refractivity contribution in [2.75, 3.05) is 0 Å². The number of oxime groups is 1. The van der Waals surface area contributed by atoms with Crippen molar-refractivity contribution in [3.05, 3.63) is 46.7 Å². The Morgan fingerprint density at radius 2 is 2.00 bits per heavy atom. The minimum atomic E-state index is -4.92. The summed E-state index contributed by atoms with van der Waals surface area (Å²) in [7, 11) is 0. The largest absolute Gasteiger partial charge is 0.457 e. The summed E-state index contributed by atoms with van der Waals surface area (Å²) < 4.78 is 59.0. The van der Waals surface area contributed by atoms with Crippen LogP contribution in [0.15, 0.2) is 35.5 Å². The number of hydrogen-bond donors (Lipinski definition) is 1. The van der Waals surface area contributed by atoms with E-state index >= 15 is 0 Å². The van der Waals surface area contributed by atoms with Gasteiger partial charge in [-0.05, 0) is 19.1 Å². The smallest absolute Gasteiger partial charge is 0.420 e. The Labute approximate surface area is 154 Å². The maximum Gasteiger partial charge on any atom is 0.420 e. The first-order chi connectivity index (χ1) is 12.7. The molecule has 1 atom stereocenters. The lowest BCUT2D eigenvalue weighted by atomic mass is 10.2. The number of rotatable bonds is 4. The Morgan fingerprint density at radius 1 is 1.26 bits per heavy atom. The van der Waals surface area contributed by atoms with E-state index in [0.29, 0.717) is 17.1 Å². The lowest BCUT2D eigenvalue weighted by molar-refractivity contribution is -0.139. The Kier molecular flexibility index (Phi) is 4.92. The van der Waals surface area contributed by atoms with Crippen LogP contribution in [0.1, 0.15) is 18.5 Å². The van der Waals surface area contributed by atoms with Crippen LogP contribution in [0.25, 0.3) is 11.0 Å². The molecule has 0 aliphatic carbocycles. The monoisotopic (exact) mass is 402 g/mol. The van der Waals surface area contributed by atoms with Gasteiger partial charge in [-0.15, -0.1) is 5.10 Å². The molecule has 3 aromatic rings. The van der Waals surface area contributed by atoms with Gasteiger partial charge in [-0.25, -0.2) is 9.07 Å². The number of aromatic nitrogens is 3. The van der Waals surface area contributed by atoms with Gasteiger partial charge in [-0.3, -0.25) is 0 Å². The first-order valence-electron chi connectivity index (χ1n) is 7.47. The third kappa shape index (κ3) is 3.80. The van der Waals surface area contributed by atoms with Gasteiger partial charge in [-0.1, -0.05) is 22.0 Å². The van der Waals surface area contributed by atoms with Crippen molar-refractivity contribution in [2.24, 2.45) is 5.16 Å². The maximum absolute atomic E-state index is 13.8. The molecular formula is C16H11ClF4N4O2. The second kappa shape index (κ2) is 7.03. The van der Waals surface area contributed by atoms with E-state index in [-0.39, 0.29) is 11.5 Å². The van der Waals surface area contributed by atoms with Gasteiger partial charge < -0.3 is 9.94 Å². The lowest BCUT2D eigenvalue weighted by Gasteiger charge is -2.13. The standard InChI is InChI=1S/C16H11ClF4N4O2/c1-8(7-22-26)25-14-6-9(2-3-13(14)23-24-25)27-10-4-11(17)15(12(18)5-10)16(19,20)21/h2-8,26H,1H3. The molecule has 6 nitrogen and oxygen atoms in total. The molecule has 1 heterocycles. The van der Waals surface area contributed by atoms with Crippen molar-refractivity contribution >= 4 is 28.8 Å². The van der Waals surface area contributed by atoms with E-state index in [0.717, 1.165) is 6.07 Å². The molecule has 0 aliphatic heterocycles. The topological polar surface area (TPSA) is 72.5 Å². The van der Waals surface area contributed by atoms with E-state index in [1.807, 2.05) is 0 Å². The molecule has 1 N–H and O–H groups in total. The van der Waals surface area contributed by atoms with Gasteiger partial charge in [-0.2, -0.15) is 13.2 Å². The van der Waals surface area contributed by atoms with Gasteiger partial charge in [0, 0.05) is 18.2 Å². The Bertz CT molecular complexity index is 996. The quantitative estimate of drug-likeness (QED) is 0.287. The summed E-state index contributed by atoms with van der Waals surface area (Å²) >= 11 is 5.56. The van der Waals surface area contributed by atoms with Crippen LogP contribution in [-0.2, 0) is 6.18 Å². The predicted molar refractivity (Wildman–Crippen MR) is 89.0 cm³/mol. The molecular weight excluding hydrogens is 392 g/mol. The highest BCUT2D eigenvalue weighted by Crippen LogP contribution is 2.39. The summed E-state index contributed by atoms with van der Waals surface area (Å²) in [5.74, 6) is -1.53. The zero-order valence-electron chi connectivity index (χ0n) is 13.6. The zero-order valence-corrected chi connectivity index (χ0v) is 14.3. The van der Waals surface area contributed by atoms with Gasteiger partial charge in [0.05, 0.1) is 22.8 Å². The summed E-state index contributed by atoms with van der Waals surface area (Å²) in [5, 5.41) is 18.7. The fourth-order valence-corrected chi connectivity index (χ4v) is 2.76. The van der Waals surface area contributed by atoms with Gasteiger partial charge in [0.15, 0.2) is 0 Å². The summed E-state index contributed by atoms with van der Waals surface area (Å²) in [5.41, 5.74) is -0.526. The minimum absolute atomic E-state index is 0.200. The molecule has 0 fully saturated rings. The Balaban J connectivity index is 1.96. The molecule has 27 heavy (non-hydrogen) atoms. The number of benzene rings is 2.